The van der Waals surface area contributed by atoms with Gasteiger partial charge in [-0.15, -0.1) is 0 Å². The van der Waals surface area contributed by atoms with Gasteiger partial charge in [-0.05, 0) is 11.1 Å². The van der Waals surface area contributed by atoms with E-state index in [1.54, 1.807) is 0 Å². The zero-order valence-electron chi connectivity index (χ0n) is 12.1. The minimum absolute atomic E-state index is 0.0196. The van der Waals surface area contributed by atoms with Crippen LogP contribution in [0.5, 0.6) is 0 Å². The van der Waals surface area contributed by atoms with Crippen molar-refractivity contribution >= 4 is 33.5 Å². The van der Waals surface area contributed by atoms with Gasteiger partial charge < -0.3 is 10.8 Å². The highest BCUT2D eigenvalue weighted by molar-refractivity contribution is 8.12. The van der Waals surface area contributed by atoms with Crippen molar-refractivity contribution in [3.8, 4) is 0 Å². The molecule has 2 aromatic rings. The molecule has 0 aliphatic heterocycles. The fourth-order valence-electron chi connectivity index (χ4n) is 1.48. The summed E-state index contributed by atoms with van der Waals surface area (Å²) in [4.78, 5) is 10.4. The van der Waals surface area contributed by atoms with Crippen LogP contribution < -0.4 is 11.5 Å². The van der Waals surface area contributed by atoms with Crippen molar-refractivity contribution in [3.05, 3.63) is 71.8 Å². The van der Waals surface area contributed by atoms with Crippen molar-refractivity contribution in [2.75, 3.05) is 0 Å². The molecule has 2 aromatic carbocycles. The quantitative estimate of drug-likeness (QED) is 0.510. The maximum Gasteiger partial charge on any atom is 0.276 e. The number of aliphatic hydroxyl groups excluding tert-OH is 1. The number of thioether (sulfide) groups is 1. The van der Waals surface area contributed by atoms with E-state index in [1.807, 2.05) is 60.7 Å². The van der Waals surface area contributed by atoms with Gasteiger partial charge >= 0.3 is 0 Å². The predicted octanol–water partition coefficient (Wildman–Crippen LogP) is 3.25. The Bertz CT molecular complexity index is 586. The lowest BCUT2D eigenvalue weighted by molar-refractivity contribution is 0.267. The molecule has 0 radical (unpaired) electrons. The lowest BCUT2D eigenvalue weighted by Gasteiger charge is -1.95. The third kappa shape index (κ3) is 9.36. The molecule has 0 heterocycles. The van der Waals surface area contributed by atoms with E-state index in [-0.39, 0.29) is 10.4 Å². The molecule has 1 amide bonds. The van der Waals surface area contributed by atoms with Gasteiger partial charge in [-0.3, -0.25) is 10.5 Å². The van der Waals surface area contributed by atoms with Crippen LogP contribution in [0.1, 0.15) is 11.1 Å². The summed E-state index contributed by atoms with van der Waals surface area (Å²) in [5.41, 5.74) is 12.4. The summed E-state index contributed by atoms with van der Waals surface area (Å²) in [6.45, 7) is 0. The summed E-state index contributed by atoms with van der Waals surface area (Å²) < 4.78 is 0. The van der Waals surface area contributed by atoms with Gasteiger partial charge in [0, 0.05) is 11.5 Å². The second-order valence-corrected chi connectivity index (χ2v) is 6.32. The first-order chi connectivity index (χ1) is 10.6. The van der Waals surface area contributed by atoms with Gasteiger partial charge in [-0.2, -0.15) is 11.4 Å². The average Bonchev–Trinajstić information content (AvgIpc) is 2.53. The first-order valence-corrected chi connectivity index (χ1v) is 8.63. The molecule has 4 nitrogen and oxygen atoms in total. The van der Waals surface area contributed by atoms with Crippen molar-refractivity contribution in [3.63, 3.8) is 0 Å². The molecule has 22 heavy (non-hydrogen) atoms. The second kappa shape index (κ2) is 11.0. The molecule has 6 heteroatoms. The minimum atomic E-state index is -0.325. The maximum atomic E-state index is 10.4. The van der Waals surface area contributed by atoms with Gasteiger partial charge in [0.05, 0.1) is 0 Å². The lowest BCUT2D eigenvalue weighted by Crippen LogP contribution is -2.06. The third-order valence-corrected chi connectivity index (χ3v) is 4.10. The number of hydrogen-bond acceptors (Lipinski definition) is 2. The van der Waals surface area contributed by atoms with Crippen LogP contribution in [0, 0.1) is 0 Å². The molecule has 0 bridgehead atoms. The number of rotatable bonds is 4. The molecule has 5 N–H and O–H groups in total. The molecule has 118 valence electrons. The van der Waals surface area contributed by atoms with Crippen molar-refractivity contribution < 1.29 is 9.90 Å². The van der Waals surface area contributed by atoms with Crippen molar-refractivity contribution in [1.29, 1.82) is 0 Å². The summed E-state index contributed by atoms with van der Waals surface area (Å²) in [6.07, 6.45) is 0. The minimum Gasteiger partial charge on any atom is -0.361 e. The Balaban J connectivity index is 0.000000220. The number of hydrogen-bond donors (Lipinski definition) is 4. The van der Waals surface area contributed by atoms with E-state index in [4.69, 9.17) is 16.6 Å². The van der Waals surface area contributed by atoms with E-state index >= 15 is 0 Å². The SMILES string of the molecule is NC(=O)SCc1ccccc1.NC(O)=[SH]Cc1ccccc1. The van der Waals surface area contributed by atoms with Crippen LogP contribution in [-0.2, 0) is 11.5 Å². The molecular formula is C16H20N2O2S2. The summed E-state index contributed by atoms with van der Waals surface area (Å²) >= 11 is 1.90. The van der Waals surface area contributed by atoms with Gasteiger partial charge in [0.15, 0.2) is 0 Å². The zero-order chi connectivity index (χ0) is 16.2. The predicted molar refractivity (Wildman–Crippen MR) is 98.3 cm³/mol. The number of benzene rings is 2. The Hall–Kier alpha value is -1.60. The topological polar surface area (TPSA) is 89.3 Å². The molecule has 2 rings (SSSR count). The number of carbonyl (C=O) groups excluding carboxylic acids is 1. The summed E-state index contributed by atoms with van der Waals surface area (Å²) in [7, 11) is 0. The van der Waals surface area contributed by atoms with Gasteiger partial charge in [-0.25, -0.2) is 0 Å². The second-order valence-electron chi connectivity index (χ2n) is 4.25. The van der Waals surface area contributed by atoms with E-state index in [2.05, 4.69) is 0 Å². The molecule has 0 aliphatic rings. The van der Waals surface area contributed by atoms with Crippen LogP contribution in [0.25, 0.3) is 0 Å². The number of primary amides is 1. The van der Waals surface area contributed by atoms with Crippen LogP contribution in [0.15, 0.2) is 60.7 Å². The Morgan fingerprint density at radius 2 is 1.45 bits per heavy atom. The standard InChI is InChI=1S/C8H11NOS.C8H9NOS/c2*9-8(10)11-6-7-4-2-1-3-5-7/h1-5,10-11H,6,9H2;1-5H,6H2,(H2,9,10). The van der Waals surface area contributed by atoms with Crippen LogP contribution in [0.4, 0.5) is 4.79 Å². The summed E-state index contributed by atoms with van der Waals surface area (Å²) in [5.74, 6) is 1.44. The smallest absolute Gasteiger partial charge is 0.276 e. The van der Waals surface area contributed by atoms with Crippen LogP contribution >= 0.6 is 23.1 Å². The van der Waals surface area contributed by atoms with Crippen LogP contribution in [-0.4, -0.2) is 15.5 Å². The Morgan fingerprint density at radius 3 is 1.91 bits per heavy atom. The van der Waals surface area contributed by atoms with Crippen molar-refractivity contribution in [2.45, 2.75) is 11.5 Å². The van der Waals surface area contributed by atoms with E-state index < -0.39 is 0 Å². The van der Waals surface area contributed by atoms with E-state index in [0.29, 0.717) is 5.75 Å². The van der Waals surface area contributed by atoms with Gasteiger partial charge in [-0.1, -0.05) is 72.4 Å². The normalized spacial score (nSPS) is 10.9. The molecule has 0 spiro atoms. The molecule has 0 saturated heterocycles. The highest BCUT2D eigenvalue weighted by Crippen LogP contribution is 2.10. The molecule has 0 atom stereocenters. The summed E-state index contributed by atoms with van der Waals surface area (Å²) in [5, 5.41) is 8.35. The number of nitrogens with two attached hydrogens (primary N) is 2. The first kappa shape index (κ1) is 18.4. The summed E-state index contributed by atoms with van der Waals surface area (Å²) in [6, 6.07) is 19.7. The fourth-order valence-corrected chi connectivity index (χ4v) is 2.54. The highest BCUT2D eigenvalue weighted by atomic mass is 32.2. The van der Waals surface area contributed by atoms with E-state index in [0.717, 1.165) is 34.4 Å². The largest absolute Gasteiger partial charge is 0.361 e. The number of amides is 1. The molecule has 0 saturated carbocycles. The van der Waals surface area contributed by atoms with Gasteiger partial charge in [0.25, 0.3) is 5.24 Å². The van der Waals surface area contributed by atoms with Crippen LogP contribution in [0.2, 0.25) is 0 Å². The van der Waals surface area contributed by atoms with Crippen molar-refractivity contribution in [2.24, 2.45) is 11.5 Å². The zero-order valence-corrected chi connectivity index (χ0v) is 13.8. The van der Waals surface area contributed by atoms with Crippen molar-refractivity contribution in [1.82, 2.24) is 0 Å². The van der Waals surface area contributed by atoms with Gasteiger partial charge in [0.2, 0.25) is 0 Å². The first-order valence-electron chi connectivity index (χ1n) is 6.57. The molecule has 0 aliphatic carbocycles. The molecule has 0 fully saturated rings. The number of aliphatic hydroxyl groups is 1. The Morgan fingerprint density at radius 1 is 0.955 bits per heavy atom. The average molecular weight is 336 g/mol. The number of thiol groups is 1. The lowest BCUT2D eigenvalue weighted by atomic mass is 10.2. The van der Waals surface area contributed by atoms with Gasteiger partial charge in [0.1, 0.15) is 5.17 Å². The third-order valence-electron chi connectivity index (χ3n) is 2.49. The Labute approximate surface area is 138 Å². The van der Waals surface area contributed by atoms with E-state index in [1.165, 1.54) is 5.56 Å². The maximum absolute atomic E-state index is 10.4. The van der Waals surface area contributed by atoms with Crippen LogP contribution in [0.3, 0.4) is 0 Å². The monoisotopic (exact) mass is 336 g/mol. The molecule has 0 unspecified atom stereocenters. The Kier molecular flexibility index (Phi) is 9.25. The highest BCUT2D eigenvalue weighted by Gasteiger charge is 1.95. The van der Waals surface area contributed by atoms with E-state index in [9.17, 15) is 4.79 Å². The number of carbonyl (C=O) groups is 1. The molecular weight excluding hydrogens is 316 g/mol. The fraction of sp³-hybridized carbons (Fsp3) is 0.125. The molecule has 0 aromatic heterocycles.